The second-order valence-corrected chi connectivity index (χ2v) is 5.08. The highest BCUT2D eigenvalue weighted by atomic mass is 16.2. The fraction of sp³-hybridized carbons (Fsp3) is 0.571. The predicted molar refractivity (Wildman–Crippen MR) is 79.5 cm³/mol. The van der Waals surface area contributed by atoms with Crippen LogP contribution < -0.4 is 11.2 Å². The molecule has 2 heterocycles. The Morgan fingerprint density at radius 2 is 1.95 bits per heavy atom. The first-order valence-electron chi connectivity index (χ1n) is 7.19. The third kappa shape index (κ3) is 2.68. The van der Waals surface area contributed by atoms with Crippen LogP contribution in [-0.4, -0.2) is 24.5 Å². The number of hydrogen-bond donors (Lipinski definition) is 0. The molecule has 0 N–H and O–H groups in total. The minimum atomic E-state index is -0.369. The van der Waals surface area contributed by atoms with Crippen LogP contribution in [-0.2, 0) is 24.4 Å². The second kappa shape index (κ2) is 6.07. The number of unbranched alkanes of at least 4 members (excludes halogenated alkanes) is 1. The zero-order chi connectivity index (χ0) is 15.6. The van der Waals surface area contributed by atoms with Gasteiger partial charge in [0.05, 0.1) is 12.9 Å². The number of imidazole rings is 1. The minimum Gasteiger partial charge on any atom is -0.317 e. The van der Waals surface area contributed by atoms with Crippen molar-refractivity contribution >= 4 is 16.9 Å². The molecule has 0 atom stereocenters. The Morgan fingerprint density at radius 1 is 1.24 bits per heavy atom. The molecule has 0 aromatic carbocycles. The summed E-state index contributed by atoms with van der Waals surface area (Å²) >= 11 is 0. The van der Waals surface area contributed by atoms with Gasteiger partial charge in [0.2, 0.25) is 0 Å². The summed E-state index contributed by atoms with van der Waals surface area (Å²) in [6, 6.07) is 0. The van der Waals surface area contributed by atoms with Gasteiger partial charge in [-0.15, -0.1) is 0 Å². The molecule has 2 rings (SSSR count). The van der Waals surface area contributed by atoms with Crippen LogP contribution in [0.4, 0.5) is 0 Å². The van der Waals surface area contributed by atoms with E-state index < -0.39 is 0 Å². The summed E-state index contributed by atoms with van der Waals surface area (Å²) in [5.74, 6) is -0.0666. The number of ketones is 1. The largest absolute Gasteiger partial charge is 0.332 e. The Kier molecular flexibility index (Phi) is 4.40. The highest BCUT2D eigenvalue weighted by Gasteiger charge is 2.17. The van der Waals surface area contributed by atoms with E-state index in [9.17, 15) is 14.4 Å². The third-order valence-electron chi connectivity index (χ3n) is 3.43. The van der Waals surface area contributed by atoms with Crippen LogP contribution in [0.25, 0.3) is 11.2 Å². The van der Waals surface area contributed by atoms with Crippen molar-refractivity contribution in [2.24, 2.45) is 0 Å². The van der Waals surface area contributed by atoms with Crippen LogP contribution in [0.5, 0.6) is 0 Å². The number of aromatic nitrogens is 4. The number of aryl methyl sites for hydroxylation is 1. The normalized spacial score (nSPS) is 11.2. The molecule has 0 bridgehead atoms. The maximum absolute atomic E-state index is 12.6. The molecule has 2 aromatic rings. The van der Waals surface area contributed by atoms with Gasteiger partial charge in [0.1, 0.15) is 5.78 Å². The molecule has 2 aromatic heterocycles. The average Bonchev–Trinajstić information content (AvgIpc) is 2.82. The lowest BCUT2D eigenvalue weighted by atomic mass is 10.3. The maximum Gasteiger partial charge on any atom is 0.332 e. The van der Waals surface area contributed by atoms with Crippen molar-refractivity contribution in [1.29, 1.82) is 0 Å². The van der Waals surface area contributed by atoms with Gasteiger partial charge in [-0.05, 0) is 20.3 Å². The van der Waals surface area contributed by atoms with Gasteiger partial charge < -0.3 is 4.57 Å². The van der Waals surface area contributed by atoms with Crippen molar-refractivity contribution in [3.63, 3.8) is 0 Å². The first kappa shape index (κ1) is 15.2. The van der Waals surface area contributed by atoms with Crippen LogP contribution in [0.3, 0.4) is 0 Å². The van der Waals surface area contributed by atoms with Crippen molar-refractivity contribution in [2.75, 3.05) is 0 Å². The minimum absolute atomic E-state index is 0.0666. The van der Waals surface area contributed by atoms with E-state index in [1.54, 1.807) is 0 Å². The highest BCUT2D eigenvalue weighted by molar-refractivity contribution is 5.78. The van der Waals surface area contributed by atoms with Crippen molar-refractivity contribution in [3.8, 4) is 0 Å². The molecular formula is C14H20N4O3. The first-order valence-corrected chi connectivity index (χ1v) is 7.19. The molecule has 114 valence electrons. The second-order valence-electron chi connectivity index (χ2n) is 5.08. The monoisotopic (exact) mass is 292 g/mol. The number of Topliss-reactive ketones (excluding diaryl/α,β-unsaturated/α-hetero) is 1. The van der Waals surface area contributed by atoms with Crippen molar-refractivity contribution in [1.82, 2.24) is 18.7 Å². The fourth-order valence-corrected chi connectivity index (χ4v) is 2.40. The Hall–Kier alpha value is -2.18. The van der Waals surface area contributed by atoms with Gasteiger partial charge >= 0.3 is 5.69 Å². The van der Waals surface area contributed by atoms with Gasteiger partial charge in [-0.2, -0.15) is 0 Å². The molecule has 0 unspecified atom stereocenters. The van der Waals surface area contributed by atoms with E-state index in [0.29, 0.717) is 24.3 Å². The van der Waals surface area contributed by atoms with E-state index in [2.05, 4.69) is 4.98 Å². The standard InChI is InChI=1S/C14H20N4O3/c1-4-6-7-18-13(20)11-12(17(5-2)14(18)21)15-9-16(11)8-10(3)19/h9H,4-8H2,1-3H3. The van der Waals surface area contributed by atoms with E-state index in [1.807, 2.05) is 13.8 Å². The maximum atomic E-state index is 12.6. The number of carbonyl (C=O) groups is 1. The van der Waals surface area contributed by atoms with Crippen LogP contribution in [0.1, 0.15) is 33.6 Å². The zero-order valence-corrected chi connectivity index (χ0v) is 12.6. The van der Waals surface area contributed by atoms with Crippen LogP contribution >= 0.6 is 0 Å². The summed E-state index contributed by atoms with van der Waals surface area (Å²) in [6.45, 7) is 6.19. The zero-order valence-electron chi connectivity index (χ0n) is 12.6. The van der Waals surface area contributed by atoms with Gasteiger partial charge in [-0.1, -0.05) is 13.3 Å². The summed E-state index contributed by atoms with van der Waals surface area (Å²) in [6.07, 6.45) is 3.09. The van der Waals surface area contributed by atoms with E-state index in [0.717, 1.165) is 12.8 Å². The molecule has 7 heteroatoms. The molecule has 0 saturated heterocycles. The van der Waals surface area contributed by atoms with Gasteiger partial charge in [0.15, 0.2) is 11.2 Å². The van der Waals surface area contributed by atoms with Gasteiger partial charge in [-0.3, -0.25) is 18.7 Å². The summed E-state index contributed by atoms with van der Waals surface area (Å²) in [5, 5.41) is 0. The quantitative estimate of drug-likeness (QED) is 0.787. The Balaban J connectivity index is 2.77. The van der Waals surface area contributed by atoms with Gasteiger partial charge in [-0.25, -0.2) is 9.78 Å². The first-order chi connectivity index (χ1) is 10.0. The Bertz CT molecular complexity index is 782. The third-order valence-corrected chi connectivity index (χ3v) is 3.43. The van der Waals surface area contributed by atoms with E-state index in [-0.39, 0.29) is 23.6 Å². The lowest BCUT2D eigenvalue weighted by molar-refractivity contribution is -0.117. The summed E-state index contributed by atoms with van der Waals surface area (Å²) in [5.41, 5.74) is -0.0346. The molecule has 21 heavy (non-hydrogen) atoms. The summed E-state index contributed by atoms with van der Waals surface area (Å²) in [7, 11) is 0. The molecule has 0 spiro atoms. The van der Waals surface area contributed by atoms with Gasteiger partial charge in [0.25, 0.3) is 5.56 Å². The van der Waals surface area contributed by atoms with Crippen molar-refractivity contribution < 1.29 is 4.79 Å². The van der Waals surface area contributed by atoms with Crippen molar-refractivity contribution in [2.45, 2.75) is 53.2 Å². The topological polar surface area (TPSA) is 78.9 Å². The molecule has 0 amide bonds. The van der Waals surface area contributed by atoms with E-state index in [1.165, 1.54) is 27.0 Å². The van der Waals surface area contributed by atoms with Crippen molar-refractivity contribution in [3.05, 3.63) is 27.2 Å². The van der Waals surface area contributed by atoms with Gasteiger partial charge in [0, 0.05) is 13.1 Å². The van der Waals surface area contributed by atoms with E-state index >= 15 is 0 Å². The molecule has 7 nitrogen and oxygen atoms in total. The predicted octanol–water partition coefficient (Wildman–Crippen LogP) is 0.769. The molecule has 0 fully saturated rings. The summed E-state index contributed by atoms with van der Waals surface area (Å²) < 4.78 is 4.24. The molecular weight excluding hydrogens is 272 g/mol. The molecule has 0 aliphatic rings. The lowest BCUT2D eigenvalue weighted by Crippen LogP contribution is -2.40. The molecule has 0 aliphatic heterocycles. The van der Waals surface area contributed by atoms with Crippen LogP contribution in [0.2, 0.25) is 0 Å². The van der Waals surface area contributed by atoms with Crippen LogP contribution in [0, 0.1) is 0 Å². The Labute approximate surface area is 121 Å². The number of fused-ring (bicyclic) bond motifs is 1. The van der Waals surface area contributed by atoms with Crippen LogP contribution in [0.15, 0.2) is 15.9 Å². The smallest absolute Gasteiger partial charge is 0.317 e. The fourth-order valence-electron chi connectivity index (χ4n) is 2.40. The Morgan fingerprint density at radius 3 is 2.52 bits per heavy atom. The molecule has 0 radical (unpaired) electrons. The van der Waals surface area contributed by atoms with E-state index in [4.69, 9.17) is 0 Å². The molecule has 0 saturated carbocycles. The SMILES string of the molecule is CCCCn1c(=O)c2c(ncn2CC(C)=O)n(CC)c1=O. The highest BCUT2D eigenvalue weighted by Crippen LogP contribution is 2.07. The number of hydrogen-bond acceptors (Lipinski definition) is 4. The number of carbonyl (C=O) groups excluding carboxylic acids is 1. The number of nitrogens with zero attached hydrogens (tertiary/aromatic N) is 4. The lowest BCUT2D eigenvalue weighted by Gasteiger charge is -2.10. The average molecular weight is 292 g/mol. The summed E-state index contributed by atoms with van der Waals surface area (Å²) in [4.78, 5) is 40.4. The molecule has 0 aliphatic carbocycles. The number of rotatable bonds is 6.